The van der Waals surface area contributed by atoms with Crippen LogP contribution in [0.3, 0.4) is 0 Å². The van der Waals surface area contributed by atoms with E-state index in [4.69, 9.17) is 9.47 Å². The first-order chi connectivity index (χ1) is 14.9. The number of methoxy groups -OCH3 is 2. The summed E-state index contributed by atoms with van der Waals surface area (Å²) >= 11 is 0. The number of carbonyl (C=O) groups excluding carboxylic acids is 1. The van der Waals surface area contributed by atoms with E-state index in [9.17, 15) is 13.2 Å². The fourth-order valence-corrected chi connectivity index (χ4v) is 4.55. The Labute approximate surface area is 182 Å². The number of nitrogens with zero attached hydrogens (tertiary/aromatic N) is 1. The molecule has 9 heteroatoms. The van der Waals surface area contributed by atoms with Crippen LogP contribution in [0.1, 0.15) is 36.8 Å². The number of carbonyl (C=O) groups is 1. The lowest BCUT2D eigenvalue weighted by Gasteiger charge is -2.10. The smallest absolute Gasteiger partial charge is 0.263 e. The number of ether oxygens (including phenoxy) is 2. The summed E-state index contributed by atoms with van der Waals surface area (Å²) in [7, 11) is -0.345. The van der Waals surface area contributed by atoms with Gasteiger partial charge in [0.2, 0.25) is 5.91 Å². The van der Waals surface area contributed by atoms with Gasteiger partial charge in [-0.2, -0.15) is 0 Å². The number of benzene rings is 2. The number of amidine groups is 1. The van der Waals surface area contributed by atoms with Gasteiger partial charge in [-0.25, -0.2) is 8.42 Å². The molecule has 1 heterocycles. The summed E-state index contributed by atoms with van der Waals surface area (Å²) in [6.07, 6.45) is 2.77. The molecule has 0 aromatic heterocycles. The molecule has 0 spiro atoms. The van der Waals surface area contributed by atoms with Crippen molar-refractivity contribution in [2.45, 2.75) is 37.1 Å². The predicted molar refractivity (Wildman–Crippen MR) is 118 cm³/mol. The van der Waals surface area contributed by atoms with Crippen LogP contribution < -0.4 is 19.5 Å². The van der Waals surface area contributed by atoms with Gasteiger partial charge in [0, 0.05) is 25.1 Å². The van der Waals surface area contributed by atoms with Crippen molar-refractivity contribution in [1.29, 1.82) is 0 Å². The maximum Gasteiger partial charge on any atom is 0.263 e. The zero-order valence-corrected chi connectivity index (χ0v) is 18.5. The molecule has 0 saturated heterocycles. The van der Waals surface area contributed by atoms with Crippen molar-refractivity contribution in [3.8, 4) is 11.5 Å². The number of hydrogen-bond acceptors (Lipinski definition) is 6. The van der Waals surface area contributed by atoms with E-state index in [0.29, 0.717) is 42.4 Å². The number of sulfonamides is 1. The molecule has 0 aliphatic carbocycles. The van der Waals surface area contributed by atoms with Crippen molar-refractivity contribution < 1.29 is 22.7 Å². The van der Waals surface area contributed by atoms with E-state index >= 15 is 0 Å². The Hall–Kier alpha value is -3.07. The molecule has 0 saturated carbocycles. The molecule has 31 heavy (non-hydrogen) atoms. The fraction of sp³-hybridized carbons (Fsp3) is 0.364. The van der Waals surface area contributed by atoms with Crippen LogP contribution in [-0.2, 0) is 21.4 Å². The van der Waals surface area contributed by atoms with Crippen LogP contribution in [0.2, 0.25) is 0 Å². The number of nitrogens with one attached hydrogen (secondary N) is 2. The third-order valence-electron chi connectivity index (χ3n) is 4.93. The van der Waals surface area contributed by atoms with Crippen LogP contribution in [0.5, 0.6) is 11.5 Å². The Balaban J connectivity index is 1.37. The summed E-state index contributed by atoms with van der Waals surface area (Å²) in [6, 6.07) is 12.3. The molecule has 0 unspecified atom stereocenters. The van der Waals surface area contributed by atoms with Gasteiger partial charge in [0.15, 0.2) is 11.5 Å². The first-order valence-corrected chi connectivity index (χ1v) is 11.6. The lowest BCUT2D eigenvalue weighted by Crippen LogP contribution is -2.22. The summed E-state index contributed by atoms with van der Waals surface area (Å²) in [6.45, 7) is 0.922. The average molecular weight is 446 g/mol. The van der Waals surface area contributed by atoms with Crippen molar-refractivity contribution >= 4 is 21.8 Å². The Morgan fingerprint density at radius 3 is 2.58 bits per heavy atom. The van der Waals surface area contributed by atoms with Crippen molar-refractivity contribution in [1.82, 2.24) is 10.0 Å². The second-order valence-electron chi connectivity index (χ2n) is 7.11. The van der Waals surface area contributed by atoms with E-state index in [1.807, 2.05) is 18.2 Å². The minimum atomic E-state index is -3.50. The highest BCUT2D eigenvalue weighted by Gasteiger charge is 2.29. The van der Waals surface area contributed by atoms with Gasteiger partial charge in [-0.1, -0.05) is 24.6 Å². The van der Waals surface area contributed by atoms with E-state index in [2.05, 4.69) is 15.0 Å². The first kappa shape index (κ1) is 22.6. The van der Waals surface area contributed by atoms with Crippen LogP contribution in [-0.4, -0.2) is 40.9 Å². The minimum Gasteiger partial charge on any atom is -0.493 e. The third kappa shape index (κ3) is 5.75. The van der Waals surface area contributed by atoms with Crippen LogP contribution in [0, 0.1) is 0 Å². The van der Waals surface area contributed by atoms with Gasteiger partial charge in [-0.05, 0) is 42.7 Å². The van der Waals surface area contributed by atoms with Crippen molar-refractivity contribution in [3.63, 3.8) is 0 Å². The number of unbranched alkanes of at least 4 members (excludes halogenated alkanes) is 2. The molecular formula is C22H27N3O5S. The molecule has 1 amide bonds. The van der Waals surface area contributed by atoms with Crippen LogP contribution in [0.4, 0.5) is 0 Å². The number of rotatable bonds is 10. The Morgan fingerprint density at radius 1 is 1.03 bits per heavy atom. The highest BCUT2D eigenvalue weighted by Crippen LogP contribution is 2.27. The molecule has 0 atom stereocenters. The normalized spacial score (nSPS) is 15.2. The van der Waals surface area contributed by atoms with Crippen LogP contribution in [0.25, 0.3) is 0 Å². The summed E-state index contributed by atoms with van der Waals surface area (Å²) in [5.41, 5.74) is 1.54. The maximum absolute atomic E-state index is 12.1. The second kappa shape index (κ2) is 10.3. The van der Waals surface area contributed by atoms with Gasteiger partial charge in [0.25, 0.3) is 10.0 Å². The molecule has 0 fully saturated rings. The monoisotopic (exact) mass is 445 g/mol. The molecule has 0 bridgehead atoms. The van der Waals surface area contributed by atoms with Gasteiger partial charge < -0.3 is 14.8 Å². The predicted octanol–water partition coefficient (Wildman–Crippen LogP) is 2.62. The van der Waals surface area contributed by atoms with Gasteiger partial charge >= 0.3 is 0 Å². The van der Waals surface area contributed by atoms with Crippen molar-refractivity contribution in [2.75, 3.05) is 20.8 Å². The zero-order chi connectivity index (χ0) is 22.3. The second-order valence-corrected chi connectivity index (χ2v) is 8.76. The lowest BCUT2D eigenvalue weighted by molar-refractivity contribution is -0.121. The molecule has 1 aliphatic heterocycles. The molecular weight excluding hydrogens is 418 g/mol. The summed E-state index contributed by atoms with van der Waals surface area (Å²) in [5.74, 6) is 1.65. The molecule has 2 N–H and O–H groups in total. The fourth-order valence-electron chi connectivity index (χ4n) is 3.30. The number of fused-ring (bicyclic) bond motifs is 1. The Morgan fingerprint density at radius 2 is 1.81 bits per heavy atom. The molecule has 166 valence electrons. The van der Waals surface area contributed by atoms with E-state index in [1.54, 1.807) is 38.5 Å². The van der Waals surface area contributed by atoms with Crippen LogP contribution in [0.15, 0.2) is 52.4 Å². The maximum atomic E-state index is 12.1. The SMILES string of the molecule is COc1ccc(CNC(=O)CCCCCN=C2NS(=O)(=O)c3ccccc32)cc1OC. The van der Waals surface area contributed by atoms with Gasteiger partial charge in [-0.15, -0.1) is 0 Å². The molecule has 8 nitrogen and oxygen atoms in total. The van der Waals surface area contributed by atoms with Crippen molar-refractivity contribution in [3.05, 3.63) is 53.6 Å². The molecule has 1 aliphatic rings. The van der Waals surface area contributed by atoms with Gasteiger partial charge in [0.1, 0.15) is 5.84 Å². The number of aliphatic imine (C=N–C) groups is 1. The molecule has 0 radical (unpaired) electrons. The van der Waals surface area contributed by atoms with Gasteiger partial charge in [0.05, 0.1) is 19.1 Å². The number of amides is 1. The summed E-state index contributed by atoms with van der Waals surface area (Å²) < 4.78 is 37.1. The molecule has 2 aromatic rings. The summed E-state index contributed by atoms with van der Waals surface area (Å²) in [5, 5.41) is 2.90. The quantitative estimate of drug-likeness (QED) is 0.547. The standard InChI is InChI=1S/C22H27N3O5S/c1-29-18-12-11-16(14-19(18)30-2)15-24-21(26)10-4-3-7-13-23-22-17-8-5-6-9-20(17)31(27,28)25-22/h5-6,8-9,11-12,14H,3-4,7,10,13,15H2,1-2H3,(H,23,25)(H,24,26). The molecule has 3 rings (SSSR count). The zero-order valence-electron chi connectivity index (χ0n) is 17.7. The average Bonchev–Trinajstić information content (AvgIpc) is 3.04. The van der Waals surface area contributed by atoms with E-state index in [0.717, 1.165) is 24.8 Å². The van der Waals surface area contributed by atoms with E-state index in [1.165, 1.54) is 0 Å². The first-order valence-electron chi connectivity index (χ1n) is 10.1. The molecule has 2 aromatic carbocycles. The largest absolute Gasteiger partial charge is 0.493 e. The van der Waals surface area contributed by atoms with Gasteiger partial charge in [-0.3, -0.25) is 14.5 Å². The Bertz CT molecular complexity index is 1070. The van der Waals surface area contributed by atoms with E-state index in [-0.39, 0.29) is 10.8 Å². The topological polar surface area (TPSA) is 106 Å². The Kier molecular flexibility index (Phi) is 7.51. The minimum absolute atomic E-state index is 0.0152. The highest BCUT2D eigenvalue weighted by atomic mass is 32.2. The third-order valence-corrected chi connectivity index (χ3v) is 6.33. The van der Waals surface area contributed by atoms with Crippen molar-refractivity contribution in [2.24, 2.45) is 4.99 Å². The van der Waals surface area contributed by atoms with Crippen LogP contribution >= 0.6 is 0 Å². The highest BCUT2D eigenvalue weighted by molar-refractivity contribution is 7.90. The van der Waals surface area contributed by atoms with E-state index < -0.39 is 10.0 Å². The lowest BCUT2D eigenvalue weighted by atomic mass is 10.1. The summed E-state index contributed by atoms with van der Waals surface area (Å²) in [4.78, 5) is 16.7. The number of hydrogen-bond donors (Lipinski definition) is 2.